The van der Waals surface area contributed by atoms with Gasteiger partial charge in [0.1, 0.15) is 0 Å². The van der Waals surface area contributed by atoms with E-state index < -0.39 is 0 Å². The first kappa shape index (κ1) is 40.7. The first-order chi connectivity index (χ1) is 34.7. The van der Waals surface area contributed by atoms with Crippen LogP contribution < -0.4 is 4.90 Å². The number of allylic oxidation sites excluding steroid dienone is 7. The molecule has 3 unspecified atom stereocenters. The smallest absolute Gasteiger partial charge is 0.238 e. The van der Waals surface area contributed by atoms with Gasteiger partial charge in [-0.15, -0.1) is 11.8 Å². The molecule has 0 saturated heterocycles. The minimum absolute atomic E-state index is 0.207. The fraction of sp³-hybridized carbons (Fsp3) is 0.0615. The van der Waals surface area contributed by atoms with Crippen molar-refractivity contribution >= 4 is 44.9 Å². The first-order valence-corrected chi connectivity index (χ1v) is 25.1. The predicted octanol–water partition coefficient (Wildman–Crippen LogP) is 16.9. The van der Waals surface area contributed by atoms with E-state index >= 15 is 0 Å². The van der Waals surface area contributed by atoms with Gasteiger partial charge in [0.2, 0.25) is 5.95 Å². The normalized spacial score (nSPS) is 17.3. The molecule has 0 radical (unpaired) electrons. The summed E-state index contributed by atoms with van der Waals surface area (Å²) in [7, 11) is 0. The highest BCUT2D eigenvalue weighted by Crippen LogP contribution is 2.59. The molecule has 4 nitrogen and oxygen atoms in total. The molecule has 330 valence electrons. The Bertz CT molecular complexity index is 3810. The third-order valence-electron chi connectivity index (χ3n) is 14.6. The van der Waals surface area contributed by atoms with Gasteiger partial charge in [-0.3, -0.25) is 4.90 Å². The van der Waals surface area contributed by atoms with Gasteiger partial charge in [0.05, 0.1) is 5.69 Å². The second-order valence-electron chi connectivity index (χ2n) is 18.6. The largest absolute Gasteiger partial charge is 0.282 e. The Morgan fingerprint density at radius 2 is 1.03 bits per heavy atom. The van der Waals surface area contributed by atoms with Crippen molar-refractivity contribution in [3.05, 3.63) is 253 Å². The molecule has 10 aromatic rings. The quantitative estimate of drug-likeness (QED) is 0.159. The molecule has 2 aliphatic carbocycles. The summed E-state index contributed by atoms with van der Waals surface area (Å²) < 4.78 is 0. The lowest BCUT2D eigenvalue weighted by molar-refractivity contribution is 0.793. The van der Waals surface area contributed by atoms with Crippen LogP contribution in [0.2, 0.25) is 0 Å². The molecule has 5 heteroatoms. The van der Waals surface area contributed by atoms with Gasteiger partial charge in [-0.2, -0.15) is 9.97 Å². The van der Waals surface area contributed by atoms with Gasteiger partial charge in [-0.05, 0) is 120 Å². The zero-order valence-corrected chi connectivity index (χ0v) is 39.0. The molecule has 3 atom stereocenters. The van der Waals surface area contributed by atoms with Crippen molar-refractivity contribution in [3.8, 4) is 67.3 Å². The highest BCUT2D eigenvalue weighted by atomic mass is 32.2. The zero-order chi connectivity index (χ0) is 46.1. The molecule has 0 saturated carbocycles. The number of anilines is 2. The highest BCUT2D eigenvalue weighted by molar-refractivity contribution is 8.00. The van der Waals surface area contributed by atoms with E-state index in [1.54, 1.807) is 0 Å². The number of hydrogen-bond donors (Lipinski definition) is 0. The summed E-state index contributed by atoms with van der Waals surface area (Å²) in [6.45, 7) is 0. The maximum atomic E-state index is 5.53. The second kappa shape index (κ2) is 16.7. The second-order valence-corrected chi connectivity index (χ2v) is 19.8. The summed E-state index contributed by atoms with van der Waals surface area (Å²) in [4.78, 5) is 20.2. The zero-order valence-electron chi connectivity index (χ0n) is 38.2. The Balaban J connectivity index is 0.926. The molecular formula is C65H44N4S. The molecule has 0 amide bonds. The minimum Gasteiger partial charge on any atom is -0.282 e. The average molecular weight is 913 g/mol. The topological polar surface area (TPSA) is 41.9 Å². The van der Waals surface area contributed by atoms with Gasteiger partial charge in [0, 0.05) is 38.8 Å². The summed E-state index contributed by atoms with van der Waals surface area (Å²) in [6.07, 6.45) is 16.8. The van der Waals surface area contributed by atoms with E-state index in [0.717, 1.165) is 61.5 Å². The number of fused-ring (bicyclic) bond motifs is 9. The van der Waals surface area contributed by atoms with Crippen molar-refractivity contribution in [2.45, 2.75) is 28.4 Å². The lowest BCUT2D eigenvalue weighted by Crippen LogP contribution is -2.18. The average Bonchev–Trinajstić information content (AvgIpc) is 3.99. The molecular weight excluding hydrogens is 869 g/mol. The van der Waals surface area contributed by atoms with E-state index in [1.165, 1.54) is 49.5 Å². The number of aromatic nitrogens is 3. The monoisotopic (exact) mass is 912 g/mol. The van der Waals surface area contributed by atoms with Crippen LogP contribution in [0.4, 0.5) is 11.6 Å². The summed E-state index contributed by atoms with van der Waals surface area (Å²) in [5, 5.41) is 4.88. The van der Waals surface area contributed by atoms with Gasteiger partial charge in [-0.1, -0.05) is 200 Å². The molecule has 70 heavy (non-hydrogen) atoms. The molecule has 14 rings (SSSR count). The summed E-state index contributed by atoms with van der Waals surface area (Å²) >= 11 is 2.01. The minimum atomic E-state index is 0.207. The van der Waals surface area contributed by atoms with E-state index in [4.69, 9.17) is 15.0 Å². The van der Waals surface area contributed by atoms with Crippen LogP contribution in [0.25, 0.3) is 88.8 Å². The summed E-state index contributed by atoms with van der Waals surface area (Å²) in [6, 6.07) is 70.1. The van der Waals surface area contributed by atoms with Crippen LogP contribution in [0.5, 0.6) is 0 Å². The molecule has 9 aromatic carbocycles. The van der Waals surface area contributed by atoms with Crippen LogP contribution in [-0.4, -0.2) is 20.2 Å². The number of benzene rings is 9. The summed E-state index contributed by atoms with van der Waals surface area (Å²) in [5.74, 6) is 2.52. The maximum Gasteiger partial charge on any atom is 0.238 e. The van der Waals surface area contributed by atoms with Crippen molar-refractivity contribution in [1.82, 2.24) is 15.0 Å². The standard InChI is InChI=1S/C65H44N4S/c1-3-17-41(18-4-1)46-38-47(42-19-5-2-6-20-42)40-48(39-46)44-23-13-24-45(37-44)50-28-15-30-52-51(50)29-16-32-56(52)64-66-63(55-31-14-22-43-21-7-8-25-49(43)55)67-65(68-64)69-58-33-11-9-27-57(58)61-59(69)36-35-54-53-26-10-12-34-60(53)70-62(54)61/h1-26,28-40,53,57,60H,27H2. The van der Waals surface area contributed by atoms with E-state index in [0.29, 0.717) is 28.8 Å². The third-order valence-corrected chi connectivity index (χ3v) is 16.0. The van der Waals surface area contributed by atoms with E-state index in [1.807, 2.05) is 11.8 Å². The van der Waals surface area contributed by atoms with Crippen LogP contribution >= 0.6 is 11.8 Å². The van der Waals surface area contributed by atoms with Gasteiger partial charge in [-0.25, -0.2) is 4.98 Å². The van der Waals surface area contributed by atoms with Crippen molar-refractivity contribution in [2.24, 2.45) is 0 Å². The lowest BCUT2D eigenvalue weighted by Gasteiger charge is -2.23. The Kier molecular flexibility index (Phi) is 9.70. The van der Waals surface area contributed by atoms with Crippen molar-refractivity contribution in [3.63, 3.8) is 0 Å². The number of nitrogens with zero attached hydrogens (tertiary/aromatic N) is 4. The number of hydrogen-bond acceptors (Lipinski definition) is 5. The molecule has 0 N–H and O–H groups in total. The molecule has 1 aromatic heterocycles. The van der Waals surface area contributed by atoms with Crippen LogP contribution in [0.3, 0.4) is 0 Å². The van der Waals surface area contributed by atoms with Gasteiger partial charge < -0.3 is 0 Å². The predicted molar refractivity (Wildman–Crippen MR) is 291 cm³/mol. The van der Waals surface area contributed by atoms with Gasteiger partial charge >= 0.3 is 0 Å². The Hall–Kier alpha value is -8.38. The van der Waals surface area contributed by atoms with Crippen molar-refractivity contribution in [1.29, 1.82) is 0 Å². The lowest BCUT2D eigenvalue weighted by atomic mass is 9.87. The summed E-state index contributed by atoms with van der Waals surface area (Å²) in [5.41, 5.74) is 16.5. The Morgan fingerprint density at radius 3 is 1.80 bits per heavy atom. The van der Waals surface area contributed by atoms with Gasteiger partial charge in [0.25, 0.3) is 0 Å². The van der Waals surface area contributed by atoms with Crippen molar-refractivity contribution < 1.29 is 0 Å². The van der Waals surface area contributed by atoms with Crippen LogP contribution in [-0.2, 0) is 0 Å². The first-order valence-electron chi connectivity index (χ1n) is 24.2. The van der Waals surface area contributed by atoms with Crippen LogP contribution in [0, 0.1) is 0 Å². The third kappa shape index (κ3) is 6.80. The van der Waals surface area contributed by atoms with Crippen molar-refractivity contribution in [2.75, 3.05) is 4.90 Å². The number of thioether (sulfide) groups is 1. The molecule has 0 bridgehead atoms. The maximum absolute atomic E-state index is 5.53. The molecule has 4 aliphatic rings. The molecule has 3 heterocycles. The molecule has 2 aliphatic heterocycles. The Labute approximate surface area is 411 Å². The van der Waals surface area contributed by atoms with E-state index in [2.05, 4.69) is 242 Å². The molecule has 0 fully saturated rings. The SMILES string of the molecule is C1=CCC2C(=C1)N(c1nc(-c3cccc4ccccc34)nc(-c3cccc4c(-c5cccc(-c6cc(-c7ccccc7)cc(-c7ccccc7)c6)c5)cccc34)n1)c1ccc3c(c12)SC1C=CC=CC31. The number of rotatable bonds is 7. The molecule has 0 spiro atoms. The fourth-order valence-corrected chi connectivity index (χ4v) is 12.8. The Morgan fingerprint density at radius 1 is 0.457 bits per heavy atom. The van der Waals surface area contributed by atoms with Crippen LogP contribution in [0.15, 0.2) is 247 Å². The highest BCUT2D eigenvalue weighted by Gasteiger charge is 2.43. The fourth-order valence-electron chi connectivity index (χ4n) is 11.3. The van der Waals surface area contributed by atoms with Crippen LogP contribution in [0.1, 0.15) is 29.4 Å². The van der Waals surface area contributed by atoms with Gasteiger partial charge in [0.15, 0.2) is 11.6 Å². The van der Waals surface area contributed by atoms with E-state index in [-0.39, 0.29) is 5.92 Å². The van der Waals surface area contributed by atoms with E-state index in [9.17, 15) is 0 Å².